The van der Waals surface area contributed by atoms with Crippen LogP contribution in [-0.2, 0) is 60.5 Å². The highest BCUT2D eigenvalue weighted by Gasteiger charge is 2.02. The Hall–Kier alpha value is -1.26. The highest BCUT2D eigenvalue weighted by Crippen LogP contribution is 1.98. The van der Waals surface area contributed by atoms with Crippen LogP contribution in [0, 0.1) is 0 Å². The highest BCUT2D eigenvalue weighted by molar-refractivity contribution is 4.89. The van der Waals surface area contributed by atoms with Gasteiger partial charge in [0, 0.05) is 26.9 Å². The van der Waals surface area contributed by atoms with Gasteiger partial charge in [-0.05, 0) is 13.3 Å². The van der Waals surface area contributed by atoms with Crippen molar-refractivity contribution in [3.8, 4) is 0 Å². The van der Waals surface area contributed by atoms with Crippen molar-refractivity contribution in [3.05, 3.63) is 11.9 Å². The molecular weight excluding hydrogens is 502 g/mol. The Balaban J connectivity index is 1.79. The van der Waals surface area contributed by atoms with Crippen LogP contribution < -0.4 is 0 Å². The van der Waals surface area contributed by atoms with E-state index in [0.29, 0.717) is 126 Å². The molecule has 0 saturated heterocycles. The Labute approximate surface area is 227 Å². The molecule has 1 aromatic rings. The maximum absolute atomic E-state index is 5.59. The molecule has 0 radical (unpaired) electrons. The van der Waals surface area contributed by atoms with Crippen LogP contribution in [0.2, 0.25) is 0 Å². The molecule has 38 heavy (non-hydrogen) atoms. The molecule has 224 valence electrons. The van der Waals surface area contributed by atoms with E-state index in [1.165, 1.54) is 0 Å². The minimum Gasteiger partial charge on any atom is -0.382 e. The third kappa shape index (κ3) is 23.8. The van der Waals surface area contributed by atoms with Crippen LogP contribution in [0.3, 0.4) is 0 Å². The Morgan fingerprint density at radius 1 is 0.553 bits per heavy atom. The van der Waals surface area contributed by atoms with Gasteiger partial charge in [0.1, 0.15) is 5.69 Å². The van der Waals surface area contributed by atoms with E-state index in [9.17, 15) is 0 Å². The molecule has 0 atom stereocenters. The summed E-state index contributed by atoms with van der Waals surface area (Å²) < 4.78 is 55.5. The van der Waals surface area contributed by atoms with Crippen molar-refractivity contribution in [2.24, 2.45) is 0 Å². The molecule has 0 aromatic carbocycles. The van der Waals surface area contributed by atoms with Gasteiger partial charge in [-0.15, -0.1) is 5.10 Å². The minimum absolute atomic E-state index is 0.406. The molecular formula is C25H49N3O10. The molecule has 1 aromatic heterocycles. The molecule has 0 aliphatic rings. The molecule has 0 fully saturated rings. The third-order valence-electron chi connectivity index (χ3n) is 4.75. The van der Waals surface area contributed by atoms with E-state index >= 15 is 0 Å². The van der Waals surface area contributed by atoms with Gasteiger partial charge < -0.3 is 47.4 Å². The van der Waals surface area contributed by atoms with Gasteiger partial charge in [0.15, 0.2) is 0 Å². The Morgan fingerprint density at radius 3 is 1.45 bits per heavy atom. The average Bonchev–Trinajstić information content (AvgIpc) is 3.38. The summed E-state index contributed by atoms with van der Waals surface area (Å²) in [6.45, 7) is 13.3. The van der Waals surface area contributed by atoms with Crippen LogP contribution in [0.25, 0.3) is 0 Å². The lowest BCUT2D eigenvalue weighted by atomic mass is 10.4. The van der Waals surface area contributed by atoms with E-state index in [0.717, 1.165) is 18.7 Å². The fourth-order valence-corrected chi connectivity index (χ4v) is 2.85. The Kier molecular flexibility index (Phi) is 26.3. The van der Waals surface area contributed by atoms with Crippen LogP contribution in [0.5, 0.6) is 0 Å². The second-order valence-electron chi connectivity index (χ2n) is 7.86. The quantitative estimate of drug-likeness (QED) is 0.122. The summed E-state index contributed by atoms with van der Waals surface area (Å²) in [5, 5.41) is 8.24. The number of methoxy groups -OCH3 is 1. The zero-order chi connectivity index (χ0) is 27.2. The molecule has 0 unspecified atom stereocenters. The van der Waals surface area contributed by atoms with Crippen LogP contribution >= 0.6 is 0 Å². The summed E-state index contributed by atoms with van der Waals surface area (Å²) in [4.78, 5) is 0. The van der Waals surface area contributed by atoms with Crippen molar-refractivity contribution in [1.82, 2.24) is 15.0 Å². The zero-order valence-corrected chi connectivity index (χ0v) is 23.4. The van der Waals surface area contributed by atoms with E-state index in [2.05, 4.69) is 10.3 Å². The van der Waals surface area contributed by atoms with Gasteiger partial charge in [0.2, 0.25) is 0 Å². The summed E-state index contributed by atoms with van der Waals surface area (Å²) >= 11 is 0. The first-order chi connectivity index (χ1) is 18.9. The van der Waals surface area contributed by atoms with Gasteiger partial charge >= 0.3 is 0 Å². The Morgan fingerprint density at radius 2 is 0.974 bits per heavy atom. The molecule has 0 spiro atoms. The van der Waals surface area contributed by atoms with Crippen molar-refractivity contribution in [1.29, 1.82) is 0 Å². The van der Waals surface area contributed by atoms with Gasteiger partial charge in [-0.1, -0.05) is 5.21 Å². The largest absolute Gasteiger partial charge is 0.382 e. The van der Waals surface area contributed by atoms with Crippen LogP contribution in [0.15, 0.2) is 6.20 Å². The first kappa shape index (κ1) is 34.8. The van der Waals surface area contributed by atoms with E-state index in [-0.39, 0.29) is 0 Å². The van der Waals surface area contributed by atoms with Gasteiger partial charge in [0.05, 0.1) is 119 Å². The lowest BCUT2D eigenvalue weighted by Crippen LogP contribution is -2.14. The lowest BCUT2D eigenvalue weighted by Gasteiger charge is -2.08. The first-order valence-electron chi connectivity index (χ1n) is 13.4. The monoisotopic (exact) mass is 551 g/mol. The predicted octanol–water partition coefficient (Wildman–Crippen LogP) is 0.984. The van der Waals surface area contributed by atoms with Crippen molar-refractivity contribution >= 4 is 0 Å². The fourth-order valence-electron chi connectivity index (χ4n) is 2.85. The van der Waals surface area contributed by atoms with E-state index in [4.69, 9.17) is 47.4 Å². The maximum atomic E-state index is 5.59. The summed E-state index contributed by atoms with van der Waals surface area (Å²) in [6.07, 6.45) is 2.72. The maximum Gasteiger partial charge on any atom is 0.108 e. The number of aromatic nitrogens is 3. The normalized spacial score (nSPS) is 11.5. The number of hydrogen-bond acceptors (Lipinski definition) is 12. The highest BCUT2D eigenvalue weighted by atomic mass is 16.6. The van der Waals surface area contributed by atoms with Crippen molar-refractivity contribution in [3.63, 3.8) is 0 Å². The van der Waals surface area contributed by atoms with Gasteiger partial charge in [-0.2, -0.15) is 0 Å². The van der Waals surface area contributed by atoms with Crippen LogP contribution in [-0.4, -0.2) is 141 Å². The molecule has 0 bridgehead atoms. The van der Waals surface area contributed by atoms with E-state index < -0.39 is 0 Å². The van der Waals surface area contributed by atoms with Crippen molar-refractivity contribution in [2.75, 3.05) is 126 Å². The summed E-state index contributed by atoms with van der Waals surface area (Å²) in [7, 11) is 1.65. The first-order valence-corrected chi connectivity index (χ1v) is 13.4. The average molecular weight is 552 g/mol. The number of nitrogens with zero attached hydrogens (tertiary/aromatic N) is 3. The van der Waals surface area contributed by atoms with Crippen LogP contribution in [0.1, 0.15) is 19.0 Å². The predicted molar refractivity (Wildman–Crippen MR) is 138 cm³/mol. The summed E-state index contributed by atoms with van der Waals surface area (Å²) in [6, 6.07) is 0. The molecule has 0 aliphatic carbocycles. The number of ether oxygens (including phenoxy) is 10. The number of hydrogen-bond donors (Lipinski definition) is 0. The zero-order valence-electron chi connectivity index (χ0n) is 23.4. The SMILES string of the molecule is CCOCCOCCOCCOCc1cn(CCCOCCOCCOCCOCCOCCOC)nn1. The van der Waals surface area contributed by atoms with Crippen molar-refractivity contribution < 1.29 is 47.4 Å². The molecule has 1 rings (SSSR count). The second-order valence-corrected chi connectivity index (χ2v) is 7.86. The number of aryl methyl sites for hydroxylation is 1. The molecule has 0 amide bonds. The summed E-state index contributed by atoms with van der Waals surface area (Å²) in [5.41, 5.74) is 0.791. The molecule has 0 saturated carbocycles. The third-order valence-corrected chi connectivity index (χ3v) is 4.75. The van der Waals surface area contributed by atoms with Gasteiger partial charge in [-0.3, -0.25) is 4.68 Å². The molecule has 13 nitrogen and oxygen atoms in total. The fraction of sp³-hybridized carbons (Fsp3) is 0.920. The molecule has 0 aliphatic heterocycles. The Bertz CT molecular complexity index is 597. The van der Waals surface area contributed by atoms with Crippen molar-refractivity contribution in [2.45, 2.75) is 26.5 Å². The molecule has 1 heterocycles. The van der Waals surface area contributed by atoms with Gasteiger partial charge in [-0.25, -0.2) is 0 Å². The molecule has 13 heteroatoms. The van der Waals surface area contributed by atoms with Crippen LogP contribution in [0.4, 0.5) is 0 Å². The topological polar surface area (TPSA) is 123 Å². The smallest absolute Gasteiger partial charge is 0.108 e. The molecule has 0 N–H and O–H groups in total. The number of rotatable bonds is 31. The lowest BCUT2D eigenvalue weighted by molar-refractivity contribution is -0.0148. The van der Waals surface area contributed by atoms with E-state index in [1.54, 1.807) is 11.8 Å². The summed E-state index contributed by atoms with van der Waals surface area (Å²) in [5.74, 6) is 0. The van der Waals surface area contributed by atoms with Gasteiger partial charge in [0.25, 0.3) is 0 Å². The minimum atomic E-state index is 0.406. The standard InChI is InChI=1S/C25H49N3O10/c1-3-30-9-10-33-15-20-37-21-22-38-24-25-23-28(27-26-25)5-4-6-31-11-12-34-16-17-36-19-18-35-14-13-32-8-7-29-2/h23H,3-22,24H2,1-2H3. The van der Waals surface area contributed by atoms with E-state index in [1.807, 2.05) is 13.1 Å². The second kappa shape index (κ2) is 28.7.